The normalized spacial score (nSPS) is 22.9. The predicted molar refractivity (Wildman–Crippen MR) is 107 cm³/mol. The van der Waals surface area contributed by atoms with Gasteiger partial charge in [0.25, 0.3) is 11.5 Å². The number of aromatic nitrogens is 2. The Morgan fingerprint density at radius 3 is 2.56 bits per heavy atom. The minimum atomic E-state index is -0.109. The number of carbonyl (C=O) groups excluding carboxylic acids is 1. The number of fused-ring (bicyclic) bond motifs is 2. The van der Waals surface area contributed by atoms with Crippen LogP contribution in [0.25, 0.3) is 10.8 Å². The van der Waals surface area contributed by atoms with Gasteiger partial charge in [-0.15, -0.1) is 0 Å². The molecule has 1 saturated heterocycles. The van der Waals surface area contributed by atoms with Crippen molar-refractivity contribution in [3.8, 4) is 0 Å². The van der Waals surface area contributed by atoms with E-state index in [0.717, 1.165) is 25.4 Å². The Kier molecular flexibility index (Phi) is 5.02. The molecule has 5 nitrogen and oxygen atoms in total. The van der Waals surface area contributed by atoms with Crippen molar-refractivity contribution in [3.05, 3.63) is 40.3 Å². The summed E-state index contributed by atoms with van der Waals surface area (Å²) in [6.07, 6.45) is 6.26. The lowest BCUT2D eigenvalue weighted by atomic mass is 9.75. The number of rotatable bonds is 3. The largest absolute Gasteiger partial charge is 0.337 e. The third kappa shape index (κ3) is 3.52. The lowest BCUT2D eigenvalue weighted by Gasteiger charge is -2.41. The fourth-order valence-corrected chi connectivity index (χ4v) is 4.80. The summed E-state index contributed by atoms with van der Waals surface area (Å²) < 4.78 is 1.48. The van der Waals surface area contributed by atoms with Gasteiger partial charge in [0.05, 0.1) is 5.39 Å². The molecule has 5 heteroatoms. The van der Waals surface area contributed by atoms with Crippen molar-refractivity contribution in [1.82, 2.24) is 14.7 Å². The average molecular weight is 367 g/mol. The molecule has 0 bridgehead atoms. The van der Waals surface area contributed by atoms with E-state index in [-0.39, 0.29) is 17.4 Å². The van der Waals surface area contributed by atoms with Gasteiger partial charge in [-0.05, 0) is 36.7 Å². The maximum Gasteiger partial charge on any atom is 0.274 e. The SMILES string of the molecule is CC(C)Cn1nc(C(=O)N2CC[C@@H]3CCCC[C@H]3C2)c2ccccc2c1=O. The molecule has 2 fully saturated rings. The Hall–Kier alpha value is -2.17. The lowest BCUT2D eigenvalue weighted by Crippen LogP contribution is -2.45. The van der Waals surface area contributed by atoms with E-state index in [1.165, 1.54) is 30.4 Å². The van der Waals surface area contributed by atoms with Crippen LogP contribution in [0, 0.1) is 17.8 Å². The summed E-state index contributed by atoms with van der Waals surface area (Å²) in [6, 6.07) is 7.38. The van der Waals surface area contributed by atoms with Crippen LogP contribution in [0.4, 0.5) is 0 Å². The second kappa shape index (κ2) is 7.45. The second-order valence-corrected chi connectivity index (χ2v) is 8.62. The number of hydrogen-bond donors (Lipinski definition) is 0. The Labute approximate surface area is 160 Å². The average Bonchev–Trinajstić information content (AvgIpc) is 2.69. The number of amides is 1. The van der Waals surface area contributed by atoms with E-state index < -0.39 is 0 Å². The zero-order chi connectivity index (χ0) is 19.0. The summed E-state index contributed by atoms with van der Waals surface area (Å²) >= 11 is 0. The molecule has 2 aromatic rings. The molecular formula is C22H29N3O2. The Morgan fingerprint density at radius 1 is 1.11 bits per heavy atom. The molecule has 2 atom stereocenters. The van der Waals surface area contributed by atoms with Gasteiger partial charge in [0.2, 0.25) is 0 Å². The van der Waals surface area contributed by atoms with Gasteiger partial charge in [0, 0.05) is 25.0 Å². The number of nitrogens with zero attached hydrogens (tertiary/aromatic N) is 3. The van der Waals surface area contributed by atoms with E-state index in [4.69, 9.17) is 0 Å². The molecule has 1 aromatic carbocycles. The van der Waals surface area contributed by atoms with Gasteiger partial charge < -0.3 is 4.90 Å². The minimum absolute atomic E-state index is 0.0206. The summed E-state index contributed by atoms with van der Waals surface area (Å²) in [5.74, 6) is 1.68. The summed E-state index contributed by atoms with van der Waals surface area (Å²) in [5.41, 5.74) is 0.321. The van der Waals surface area contributed by atoms with Gasteiger partial charge in [0.15, 0.2) is 5.69 Å². The fraction of sp³-hybridized carbons (Fsp3) is 0.591. The smallest absolute Gasteiger partial charge is 0.274 e. The Balaban J connectivity index is 1.70. The second-order valence-electron chi connectivity index (χ2n) is 8.62. The first-order chi connectivity index (χ1) is 13.0. The quantitative estimate of drug-likeness (QED) is 0.831. The molecule has 1 aliphatic carbocycles. The maximum absolute atomic E-state index is 13.4. The van der Waals surface area contributed by atoms with Crippen LogP contribution < -0.4 is 5.56 Å². The first kappa shape index (κ1) is 18.2. The predicted octanol–water partition coefficient (Wildman–Crippen LogP) is 3.70. The van der Waals surface area contributed by atoms with Crippen LogP contribution in [0.5, 0.6) is 0 Å². The van der Waals surface area contributed by atoms with Crippen molar-refractivity contribution in [2.45, 2.75) is 52.5 Å². The van der Waals surface area contributed by atoms with Gasteiger partial charge in [-0.1, -0.05) is 51.3 Å². The topological polar surface area (TPSA) is 55.2 Å². The molecule has 4 rings (SSSR count). The lowest BCUT2D eigenvalue weighted by molar-refractivity contribution is 0.0515. The van der Waals surface area contributed by atoms with Crippen LogP contribution in [0.15, 0.2) is 29.1 Å². The summed E-state index contributed by atoms with van der Waals surface area (Å²) in [6.45, 7) is 6.27. The van der Waals surface area contributed by atoms with Crippen molar-refractivity contribution in [2.24, 2.45) is 17.8 Å². The highest BCUT2D eigenvalue weighted by atomic mass is 16.2. The van der Waals surface area contributed by atoms with E-state index in [9.17, 15) is 9.59 Å². The Morgan fingerprint density at radius 2 is 1.81 bits per heavy atom. The van der Waals surface area contributed by atoms with Crippen molar-refractivity contribution in [1.29, 1.82) is 0 Å². The molecule has 1 aromatic heterocycles. The van der Waals surface area contributed by atoms with Crippen LogP contribution in [-0.2, 0) is 6.54 Å². The van der Waals surface area contributed by atoms with Crippen LogP contribution in [-0.4, -0.2) is 33.7 Å². The number of hydrogen-bond acceptors (Lipinski definition) is 3. The van der Waals surface area contributed by atoms with Gasteiger partial charge >= 0.3 is 0 Å². The molecule has 27 heavy (non-hydrogen) atoms. The number of carbonyl (C=O) groups is 1. The highest BCUT2D eigenvalue weighted by Gasteiger charge is 2.34. The molecule has 0 N–H and O–H groups in total. The molecule has 1 amide bonds. The van der Waals surface area contributed by atoms with Gasteiger partial charge in [-0.2, -0.15) is 5.10 Å². The number of benzene rings is 1. The van der Waals surface area contributed by atoms with E-state index in [2.05, 4.69) is 18.9 Å². The molecule has 1 aliphatic heterocycles. The van der Waals surface area contributed by atoms with Crippen LogP contribution in [0.1, 0.15) is 56.4 Å². The van der Waals surface area contributed by atoms with Crippen molar-refractivity contribution < 1.29 is 4.79 Å². The molecule has 1 saturated carbocycles. The molecule has 0 radical (unpaired) electrons. The van der Waals surface area contributed by atoms with Gasteiger partial charge in [-0.3, -0.25) is 9.59 Å². The molecule has 0 unspecified atom stereocenters. The molecule has 144 valence electrons. The van der Waals surface area contributed by atoms with Gasteiger partial charge in [0.1, 0.15) is 0 Å². The van der Waals surface area contributed by atoms with Crippen molar-refractivity contribution in [3.63, 3.8) is 0 Å². The monoisotopic (exact) mass is 367 g/mol. The first-order valence-electron chi connectivity index (χ1n) is 10.3. The third-order valence-corrected chi connectivity index (χ3v) is 6.19. The highest BCUT2D eigenvalue weighted by molar-refractivity contribution is 6.04. The van der Waals surface area contributed by atoms with E-state index >= 15 is 0 Å². The molecule has 2 heterocycles. The zero-order valence-electron chi connectivity index (χ0n) is 16.4. The van der Waals surface area contributed by atoms with Crippen LogP contribution >= 0.6 is 0 Å². The fourth-order valence-electron chi connectivity index (χ4n) is 4.80. The zero-order valence-corrected chi connectivity index (χ0v) is 16.4. The van der Waals surface area contributed by atoms with Crippen molar-refractivity contribution in [2.75, 3.05) is 13.1 Å². The summed E-state index contributed by atoms with van der Waals surface area (Å²) in [7, 11) is 0. The number of likely N-dealkylation sites (tertiary alicyclic amines) is 1. The summed E-state index contributed by atoms with van der Waals surface area (Å²) in [5, 5.41) is 5.80. The van der Waals surface area contributed by atoms with Crippen LogP contribution in [0.3, 0.4) is 0 Å². The molecule has 0 spiro atoms. The molecular weight excluding hydrogens is 338 g/mol. The minimum Gasteiger partial charge on any atom is -0.337 e. The first-order valence-corrected chi connectivity index (χ1v) is 10.3. The van der Waals surface area contributed by atoms with E-state index in [1.807, 2.05) is 23.1 Å². The molecule has 2 aliphatic rings. The van der Waals surface area contributed by atoms with E-state index in [0.29, 0.717) is 28.9 Å². The summed E-state index contributed by atoms with van der Waals surface area (Å²) in [4.78, 5) is 28.1. The van der Waals surface area contributed by atoms with E-state index in [1.54, 1.807) is 6.07 Å². The van der Waals surface area contributed by atoms with Crippen molar-refractivity contribution >= 4 is 16.7 Å². The highest BCUT2D eigenvalue weighted by Crippen LogP contribution is 2.36. The van der Waals surface area contributed by atoms with Crippen LogP contribution in [0.2, 0.25) is 0 Å². The Bertz CT molecular complexity index is 902. The standard InChI is InChI=1S/C22H29N3O2/c1-15(2)13-25-21(26)19-10-6-5-9-18(19)20(23-25)22(27)24-12-11-16-7-3-4-8-17(16)14-24/h5-6,9-10,15-17H,3-4,7-8,11-14H2,1-2H3/t16-,17-/m0/s1. The van der Waals surface area contributed by atoms with Gasteiger partial charge in [-0.25, -0.2) is 4.68 Å². The third-order valence-electron chi connectivity index (χ3n) is 6.19. The number of piperidine rings is 1. The maximum atomic E-state index is 13.4.